The molecule has 1 atom stereocenters. The van der Waals surface area contributed by atoms with Crippen LogP contribution in [0.3, 0.4) is 0 Å². The zero-order valence-electron chi connectivity index (χ0n) is 13.5. The van der Waals surface area contributed by atoms with Gasteiger partial charge in [-0.3, -0.25) is 0 Å². The number of hydrogen-bond donors (Lipinski definition) is 1. The topological polar surface area (TPSA) is 21.3 Å². The second-order valence-electron chi connectivity index (χ2n) is 6.62. The third-order valence-electron chi connectivity index (χ3n) is 4.42. The fraction of sp³-hybridized carbons (Fsp3) is 0.667. The summed E-state index contributed by atoms with van der Waals surface area (Å²) < 4.78 is 5.77. The molecule has 1 aliphatic heterocycles. The van der Waals surface area contributed by atoms with Crippen LogP contribution in [0.1, 0.15) is 70.0 Å². The number of nitrogens with one attached hydrogen (secondary N) is 1. The van der Waals surface area contributed by atoms with Crippen molar-refractivity contribution in [3.8, 4) is 5.75 Å². The Morgan fingerprint density at radius 1 is 1.25 bits per heavy atom. The van der Waals surface area contributed by atoms with Crippen molar-refractivity contribution in [2.45, 2.75) is 64.3 Å². The van der Waals surface area contributed by atoms with E-state index in [1.54, 1.807) is 0 Å². The number of fused-ring (bicyclic) bond motifs is 1. The van der Waals surface area contributed by atoms with Gasteiger partial charge in [0.1, 0.15) is 5.75 Å². The maximum absolute atomic E-state index is 5.77. The molecule has 0 saturated heterocycles. The minimum absolute atomic E-state index is 0.145. The fourth-order valence-corrected chi connectivity index (χ4v) is 3.01. The molecule has 0 saturated carbocycles. The molecule has 1 unspecified atom stereocenters. The molecule has 0 fully saturated rings. The maximum Gasteiger partial charge on any atom is 0.123 e. The first kappa shape index (κ1) is 15.4. The lowest BCUT2D eigenvalue weighted by molar-refractivity contribution is 0.291. The quantitative estimate of drug-likeness (QED) is 0.735. The van der Waals surface area contributed by atoms with Crippen molar-refractivity contribution >= 4 is 0 Å². The minimum atomic E-state index is 0.145. The molecule has 2 nitrogen and oxygen atoms in total. The van der Waals surface area contributed by atoms with Gasteiger partial charge in [-0.2, -0.15) is 0 Å². The largest absolute Gasteiger partial charge is 0.492 e. The van der Waals surface area contributed by atoms with Gasteiger partial charge in [-0.1, -0.05) is 52.5 Å². The van der Waals surface area contributed by atoms with Crippen LogP contribution in [-0.4, -0.2) is 13.7 Å². The van der Waals surface area contributed by atoms with E-state index in [9.17, 15) is 0 Å². The Hall–Kier alpha value is -1.02. The third kappa shape index (κ3) is 3.35. The summed E-state index contributed by atoms with van der Waals surface area (Å²) >= 11 is 0. The normalized spacial score (nSPS) is 17.6. The Morgan fingerprint density at radius 2 is 2.05 bits per heavy atom. The SMILES string of the molecule is CCCCCCC(NC)c1ccc2c(c1)C(C)(C)CO2. The standard InChI is InChI=1S/C18H29NO/c1-5-6-7-8-9-16(19-4)14-10-11-17-15(12-14)18(2,3)13-20-17/h10-12,16,19H,5-9,13H2,1-4H3. The summed E-state index contributed by atoms with van der Waals surface area (Å²) in [5.41, 5.74) is 2.91. The van der Waals surface area contributed by atoms with E-state index in [-0.39, 0.29) is 5.41 Å². The minimum Gasteiger partial charge on any atom is -0.492 e. The highest BCUT2D eigenvalue weighted by Gasteiger charge is 2.32. The van der Waals surface area contributed by atoms with Gasteiger partial charge in [0.15, 0.2) is 0 Å². The first-order chi connectivity index (χ1) is 9.58. The highest BCUT2D eigenvalue weighted by Crippen LogP contribution is 2.39. The van der Waals surface area contributed by atoms with Crippen LogP contribution < -0.4 is 10.1 Å². The van der Waals surface area contributed by atoms with E-state index in [1.165, 1.54) is 43.2 Å². The van der Waals surface area contributed by atoms with Crippen LogP contribution in [0, 0.1) is 0 Å². The molecule has 0 bridgehead atoms. The molecule has 1 heterocycles. The van der Waals surface area contributed by atoms with Gasteiger partial charge in [0.05, 0.1) is 6.61 Å². The third-order valence-corrected chi connectivity index (χ3v) is 4.42. The predicted molar refractivity (Wildman–Crippen MR) is 85.5 cm³/mol. The van der Waals surface area contributed by atoms with E-state index in [4.69, 9.17) is 4.74 Å². The number of rotatable bonds is 7. The molecule has 1 aromatic carbocycles. The smallest absolute Gasteiger partial charge is 0.123 e. The van der Waals surface area contributed by atoms with Crippen molar-refractivity contribution in [1.82, 2.24) is 5.32 Å². The Labute approximate surface area is 123 Å². The maximum atomic E-state index is 5.77. The van der Waals surface area contributed by atoms with E-state index in [2.05, 4.69) is 51.3 Å². The second-order valence-corrected chi connectivity index (χ2v) is 6.62. The van der Waals surface area contributed by atoms with Gasteiger partial charge in [0, 0.05) is 17.0 Å². The van der Waals surface area contributed by atoms with Crippen molar-refractivity contribution < 1.29 is 4.74 Å². The lowest BCUT2D eigenvalue weighted by atomic mass is 9.85. The van der Waals surface area contributed by atoms with Crippen molar-refractivity contribution in [3.63, 3.8) is 0 Å². The zero-order valence-corrected chi connectivity index (χ0v) is 13.5. The van der Waals surface area contributed by atoms with Gasteiger partial charge in [-0.15, -0.1) is 0 Å². The molecule has 2 rings (SSSR count). The Kier molecular flexibility index (Phi) is 5.09. The molecular formula is C18H29NO. The first-order valence-corrected chi connectivity index (χ1v) is 8.03. The Morgan fingerprint density at radius 3 is 2.75 bits per heavy atom. The lowest BCUT2D eigenvalue weighted by Crippen LogP contribution is -2.20. The summed E-state index contributed by atoms with van der Waals surface area (Å²) in [6.45, 7) is 7.58. The molecule has 1 N–H and O–H groups in total. The Bertz CT molecular complexity index is 439. The molecule has 0 aliphatic carbocycles. The Balaban J connectivity index is 2.07. The number of unbranched alkanes of at least 4 members (excludes halogenated alkanes) is 3. The van der Waals surface area contributed by atoms with Crippen molar-refractivity contribution in [2.24, 2.45) is 0 Å². The van der Waals surface area contributed by atoms with Crippen molar-refractivity contribution in [2.75, 3.05) is 13.7 Å². The van der Waals surface area contributed by atoms with Crippen LogP contribution in [0.25, 0.3) is 0 Å². The predicted octanol–water partition coefficient (Wildman–Crippen LogP) is 4.59. The summed E-state index contributed by atoms with van der Waals surface area (Å²) in [5, 5.41) is 3.47. The molecule has 2 heteroatoms. The summed E-state index contributed by atoms with van der Waals surface area (Å²) in [6, 6.07) is 7.19. The molecule has 0 aromatic heterocycles. The summed E-state index contributed by atoms with van der Waals surface area (Å²) in [4.78, 5) is 0. The van der Waals surface area contributed by atoms with E-state index in [0.717, 1.165) is 12.4 Å². The van der Waals surface area contributed by atoms with Gasteiger partial charge in [0.2, 0.25) is 0 Å². The van der Waals surface area contributed by atoms with E-state index in [1.807, 2.05) is 0 Å². The van der Waals surface area contributed by atoms with Gasteiger partial charge < -0.3 is 10.1 Å². The summed E-state index contributed by atoms with van der Waals surface area (Å²) in [7, 11) is 2.07. The van der Waals surface area contributed by atoms with Gasteiger partial charge >= 0.3 is 0 Å². The van der Waals surface area contributed by atoms with E-state index < -0.39 is 0 Å². The molecule has 20 heavy (non-hydrogen) atoms. The highest BCUT2D eigenvalue weighted by molar-refractivity contribution is 5.45. The molecule has 1 aliphatic rings. The van der Waals surface area contributed by atoms with E-state index in [0.29, 0.717) is 6.04 Å². The monoisotopic (exact) mass is 275 g/mol. The average Bonchev–Trinajstić information content (AvgIpc) is 2.75. The second kappa shape index (κ2) is 6.62. The molecule has 1 aromatic rings. The number of ether oxygens (including phenoxy) is 1. The van der Waals surface area contributed by atoms with E-state index >= 15 is 0 Å². The molecule has 112 valence electrons. The molecular weight excluding hydrogens is 246 g/mol. The number of hydrogen-bond acceptors (Lipinski definition) is 2. The molecule has 0 radical (unpaired) electrons. The summed E-state index contributed by atoms with van der Waals surface area (Å²) in [6.07, 6.45) is 6.51. The van der Waals surface area contributed by atoms with Gasteiger partial charge in [-0.05, 0) is 31.2 Å². The average molecular weight is 275 g/mol. The van der Waals surface area contributed by atoms with Gasteiger partial charge in [0.25, 0.3) is 0 Å². The molecule has 0 amide bonds. The van der Waals surface area contributed by atoms with Crippen LogP contribution in [0.5, 0.6) is 5.75 Å². The number of benzene rings is 1. The van der Waals surface area contributed by atoms with Crippen molar-refractivity contribution in [3.05, 3.63) is 29.3 Å². The summed E-state index contributed by atoms with van der Waals surface area (Å²) in [5.74, 6) is 1.07. The lowest BCUT2D eigenvalue weighted by Gasteiger charge is -2.20. The van der Waals surface area contributed by atoms with Crippen LogP contribution in [0.2, 0.25) is 0 Å². The first-order valence-electron chi connectivity index (χ1n) is 8.03. The highest BCUT2D eigenvalue weighted by atomic mass is 16.5. The van der Waals surface area contributed by atoms with Gasteiger partial charge in [-0.25, -0.2) is 0 Å². The van der Waals surface area contributed by atoms with Crippen LogP contribution >= 0.6 is 0 Å². The van der Waals surface area contributed by atoms with Crippen molar-refractivity contribution in [1.29, 1.82) is 0 Å². The zero-order chi connectivity index (χ0) is 14.6. The van der Waals surface area contributed by atoms with Crippen LogP contribution in [0.4, 0.5) is 0 Å². The van der Waals surface area contributed by atoms with Crippen LogP contribution in [0.15, 0.2) is 18.2 Å². The van der Waals surface area contributed by atoms with Crippen LogP contribution in [-0.2, 0) is 5.41 Å². The molecule has 0 spiro atoms. The fourth-order valence-electron chi connectivity index (χ4n) is 3.01.